The molecule has 2 heterocycles. The summed E-state index contributed by atoms with van der Waals surface area (Å²) in [5.74, 6) is -2.31. The van der Waals surface area contributed by atoms with Crippen LogP contribution in [0, 0.1) is 12.8 Å². The number of nitrogens with zero attached hydrogens (tertiary/aromatic N) is 2. The monoisotopic (exact) mass is 432 g/mol. The van der Waals surface area contributed by atoms with E-state index >= 15 is 0 Å². The standard InChI is InChI=1S/C18H26N2O3.C2HF3O2/c1-3-22-12-16-5-4-6-18(16)13-20(7-8-23-18)17(21)15-9-14(2)10-19-11-15;3-2(4,5)1(6)7/h9-11,16H,3-8,12-13H2,1-2H3;(H,6,7)/t16-,18+;/m1./s1. The Labute approximate surface area is 173 Å². The van der Waals surface area contributed by atoms with Crippen LogP contribution >= 0.6 is 0 Å². The molecule has 0 radical (unpaired) electrons. The van der Waals surface area contributed by atoms with Gasteiger partial charge in [-0.15, -0.1) is 0 Å². The van der Waals surface area contributed by atoms with Crippen LogP contribution in [0.15, 0.2) is 18.5 Å². The van der Waals surface area contributed by atoms with Crippen LogP contribution in [0.1, 0.15) is 42.1 Å². The third-order valence-corrected chi connectivity index (χ3v) is 5.28. The van der Waals surface area contributed by atoms with Gasteiger partial charge in [0.05, 0.1) is 30.9 Å². The first-order chi connectivity index (χ1) is 14.1. The van der Waals surface area contributed by atoms with E-state index in [9.17, 15) is 18.0 Å². The van der Waals surface area contributed by atoms with Gasteiger partial charge in [-0.1, -0.05) is 6.42 Å². The molecule has 1 saturated heterocycles. The van der Waals surface area contributed by atoms with Crippen molar-refractivity contribution in [1.29, 1.82) is 0 Å². The van der Waals surface area contributed by atoms with E-state index < -0.39 is 12.1 Å². The summed E-state index contributed by atoms with van der Waals surface area (Å²) in [4.78, 5) is 27.8. The van der Waals surface area contributed by atoms with Crippen LogP contribution < -0.4 is 0 Å². The lowest BCUT2D eigenvalue weighted by atomic mass is 9.89. The number of carbonyl (C=O) groups is 2. The first kappa shape index (κ1) is 24.1. The van der Waals surface area contributed by atoms with Gasteiger partial charge in [-0.2, -0.15) is 13.2 Å². The van der Waals surface area contributed by atoms with Crippen LogP contribution in [-0.4, -0.2) is 71.6 Å². The molecule has 1 aromatic rings. The number of carbonyl (C=O) groups excluding carboxylic acids is 1. The number of rotatable bonds is 4. The van der Waals surface area contributed by atoms with E-state index in [4.69, 9.17) is 19.4 Å². The summed E-state index contributed by atoms with van der Waals surface area (Å²) < 4.78 is 43.6. The lowest BCUT2D eigenvalue weighted by Gasteiger charge is -2.44. The Morgan fingerprint density at radius 3 is 2.70 bits per heavy atom. The Hall–Kier alpha value is -2.20. The highest BCUT2D eigenvalue weighted by atomic mass is 19.4. The van der Waals surface area contributed by atoms with Crippen molar-refractivity contribution in [3.63, 3.8) is 0 Å². The first-order valence-corrected chi connectivity index (χ1v) is 9.82. The summed E-state index contributed by atoms with van der Waals surface area (Å²) >= 11 is 0. The molecule has 1 aliphatic carbocycles. The molecule has 0 aromatic carbocycles. The normalized spacial score (nSPS) is 23.8. The average molecular weight is 432 g/mol. The van der Waals surface area contributed by atoms with Crippen LogP contribution in [-0.2, 0) is 14.3 Å². The van der Waals surface area contributed by atoms with E-state index in [2.05, 4.69) is 4.98 Å². The molecule has 1 saturated carbocycles. The molecule has 2 fully saturated rings. The van der Waals surface area contributed by atoms with E-state index in [-0.39, 0.29) is 11.5 Å². The second-order valence-corrected chi connectivity index (χ2v) is 7.44. The smallest absolute Gasteiger partial charge is 0.475 e. The van der Waals surface area contributed by atoms with E-state index in [1.165, 1.54) is 0 Å². The summed E-state index contributed by atoms with van der Waals surface area (Å²) in [5.41, 5.74) is 1.45. The van der Waals surface area contributed by atoms with Crippen molar-refractivity contribution in [1.82, 2.24) is 9.88 Å². The second-order valence-electron chi connectivity index (χ2n) is 7.44. The number of hydrogen-bond acceptors (Lipinski definition) is 5. The summed E-state index contributed by atoms with van der Waals surface area (Å²) in [6.45, 7) is 7.35. The molecule has 2 atom stereocenters. The molecule has 30 heavy (non-hydrogen) atoms. The van der Waals surface area contributed by atoms with Gasteiger partial charge in [0.25, 0.3) is 5.91 Å². The highest BCUT2D eigenvalue weighted by Crippen LogP contribution is 2.41. The number of aryl methyl sites for hydroxylation is 1. The molecule has 1 aliphatic heterocycles. The zero-order valence-corrected chi connectivity index (χ0v) is 17.1. The number of ether oxygens (including phenoxy) is 2. The second kappa shape index (κ2) is 10.2. The minimum Gasteiger partial charge on any atom is -0.475 e. The number of hydrogen-bond donors (Lipinski definition) is 1. The quantitative estimate of drug-likeness (QED) is 0.787. The highest BCUT2D eigenvalue weighted by molar-refractivity contribution is 5.94. The van der Waals surface area contributed by atoms with Gasteiger partial charge in [0.2, 0.25) is 0 Å². The fourth-order valence-electron chi connectivity index (χ4n) is 3.84. The highest BCUT2D eigenvalue weighted by Gasteiger charge is 2.48. The Bertz CT molecular complexity index is 743. The SMILES string of the molecule is CCOC[C@H]1CCC[C@]12CN(C(=O)c1cncc(C)c1)CCO2.O=C(O)C(F)(F)F. The molecule has 168 valence electrons. The Kier molecular flexibility index (Phi) is 8.19. The van der Waals surface area contributed by atoms with Gasteiger partial charge in [0.1, 0.15) is 0 Å². The number of pyridine rings is 1. The molecule has 2 aliphatic rings. The van der Waals surface area contributed by atoms with Crippen molar-refractivity contribution in [2.24, 2.45) is 5.92 Å². The van der Waals surface area contributed by atoms with Crippen molar-refractivity contribution in [2.45, 2.75) is 44.9 Å². The van der Waals surface area contributed by atoms with Gasteiger partial charge >= 0.3 is 12.1 Å². The third kappa shape index (κ3) is 6.15. The van der Waals surface area contributed by atoms with Gasteiger partial charge in [-0.25, -0.2) is 4.79 Å². The molecule has 3 rings (SSSR count). The maximum atomic E-state index is 12.8. The molecule has 10 heteroatoms. The summed E-state index contributed by atoms with van der Waals surface area (Å²) in [6, 6.07) is 1.91. The lowest BCUT2D eigenvalue weighted by Crippen LogP contribution is -2.56. The molecule has 1 N–H and O–H groups in total. The average Bonchev–Trinajstić information content (AvgIpc) is 3.06. The summed E-state index contributed by atoms with van der Waals surface area (Å²) in [7, 11) is 0. The molecular formula is C20H27F3N2O5. The predicted octanol–water partition coefficient (Wildman–Crippen LogP) is 3.07. The molecule has 7 nitrogen and oxygen atoms in total. The predicted molar refractivity (Wildman–Crippen MR) is 101 cm³/mol. The number of morpholine rings is 1. The molecule has 1 aromatic heterocycles. The third-order valence-electron chi connectivity index (χ3n) is 5.28. The fourth-order valence-corrected chi connectivity index (χ4v) is 3.84. The number of aromatic nitrogens is 1. The maximum absolute atomic E-state index is 12.8. The van der Waals surface area contributed by atoms with Gasteiger partial charge in [-0.05, 0) is 38.3 Å². The Morgan fingerprint density at radius 2 is 2.10 bits per heavy atom. The van der Waals surface area contributed by atoms with Crippen molar-refractivity contribution < 1.29 is 37.3 Å². The van der Waals surface area contributed by atoms with Crippen molar-refractivity contribution in [3.8, 4) is 0 Å². The molecule has 1 amide bonds. The maximum Gasteiger partial charge on any atom is 0.490 e. The summed E-state index contributed by atoms with van der Waals surface area (Å²) in [6.07, 6.45) is 1.62. The number of carboxylic acids is 1. The fraction of sp³-hybridized carbons (Fsp3) is 0.650. The van der Waals surface area contributed by atoms with E-state index in [0.717, 1.165) is 38.0 Å². The van der Waals surface area contributed by atoms with Gasteiger partial charge < -0.3 is 19.5 Å². The Balaban J connectivity index is 0.000000396. The van der Waals surface area contributed by atoms with Crippen molar-refractivity contribution >= 4 is 11.9 Å². The Morgan fingerprint density at radius 1 is 1.40 bits per heavy atom. The van der Waals surface area contributed by atoms with Gasteiger partial charge in [0.15, 0.2) is 0 Å². The largest absolute Gasteiger partial charge is 0.490 e. The lowest BCUT2D eigenvalue weighted by molar-refractivity contribution is -0.192. The van der Waals surface area contributed by atoms with E-state index in [1.807, 2.05) is 24.8 Å². The van der Waals surface area contributed by atoms with E-state index in [0.29, 0.717) is 31.2 Å². The summed E-state index contributed by atoms with van der Waals surface area (Å²) in [5, 5.41) is 7.12. The number of alkyl halides is 3. The van der Waals surface area contributed by atoms with Crippen LogP contribution in [0.2, 0.25) is 0 Å². The minimum atomic E-state index is -5.08. The zero-order valence-electron chi connectivity index (χ0n) is 17.1. The molecule has 1 spiro atoms. The number of aliphatic carboxylic acids is 1. The van der Waals surface area contributed by atoms with Gasteiger partial charge in [0, 0.05) is 31.5 Å². The topological polar surface area (TPSA) is 89.0 Å². The van der Waals surface area contributed by atoms with Crippen LogP contribution in [0.5, 0.6) is 0 Å². The van der Waals surface area contributed by atoms with Crippen molar-refractivity contribution in [3.05, 3.63) is 29.6 Å². The number of carboxylic acid groups (broad SMARTS) is 1. The van der Waals surface area contributed by atoms with Crippen LogP contribution in [0.3, 0.4) is 0 Å². The van der Waals surface area contributed by atoms with Crippen LogP contribution in [0.4, 0.5) is 13.2 Å². The molecule has 0 bridgehead atoms. The minimum absolute atomic E-state index is 0.0611. The van der Waals surface area contributed by atoms with Crippen LogP contribution in [0.25, 0.3) is 0 Å². The number of halogens is 3. The van der Waals surface area contributed by atoms with E-state index in [1.54, 1.807) is 12.4 Å². The zero-order chi connectivity index (χ0) is 22.4. The number of amides is 1. The van der Waals surface area contributed by atoms with Gasteiger partial charge in [-0.3, -0.25) is 9.78 Å². The molecule has 0 unspecified atom stereocenters. The van der Waals surface area contributed by atoms with Crippen molar-refractivity contribution in [2.75, 3.05) is 32.9 Å². The first-order valence-electron chi connectivity index (χ1n) is 9.82. The molecular weight excluding hydrogens is 405 g/mol.